The zero-order valence-electron chi connectivity index (χ0n) is 10.4. The fourth-order valence-corrected chi connectivity index (χ4v) is 1.97. The summed E-state index contributed by atoms with van der Waals surface area (Å²) in [7, 11) is 0. The van der Waals surface area contributed by atoms with E-state index in [2.05, 4.69) is 0 Å². The standard InChI is InChI=1S/C15H15ClFNO/c16-13-4-5-15(17)12(9-13)10-19-14-3-1-2-11(8-14)6-7-18/h1-5,8-9H,6-7,10,18H2. The van der Waals surface area contributed by atoms with Crippen LogP contribution in [0.5, 0.6) is 5.75 Å². The maximum absolute atomic E-state index is 13.5. The number of rotatable bonds is 5. The van der Waals surface area contributed by atoms with Gasteiger partial charge in [-0.3, -0.25) is 0 Å². The number of hydrogen-bond donors (Lipinski definition) is 1. The predicted octanol–water partition coefficient (Wildman–Crippen LogP) is 3.56. The van der Waals surface area contributed by atoms with Gasteiger partial charge in [0.05, 0.1) is 0 Å². The minimum absolute atomic E-state index is 0.151. The first-order valence-electron chi connectivity index (χ1n) is 6.05. The van der Waals surface area contributed by atoms with Crippen molar-refractivity contribution in [3.8, 4) is 5.75 Å². The number of halogens is 2. The van der Waals surface area contributed by atoms with Gasteiger partial charge in [0.1, 0.15) is 18.2 Å². The Morgan fingerprint density at radius 1 is 1.16 bits per heavy atom. The van der Waals surface area contributed by atoms with Crippen LogP contribution in [-0.2, 0) is 13.0 Å². The van der Waals surface area contributed by atoms with Crippen molar-refractivity contribution in [1.29, 1.82) is 0 Å². The van der Waals surface area contributed by atoms with E-state index in [1.165, 1.54) is 12.1 Å². The van der Waals surface area contributed by atoms with Crippen molar-refractivity contribution in [2.24, 2.45) is 5.73 Å². The van der Waals surface area contributed by atoms with Gasteiger partial charge in [-0.1, -0.05) is 23.7 Å². The number of nitrogens with two attached hydrogens (primary N) is 1. The minimum Gasteiger partial charge on any atom is -0.489 e. The molecule has 2 aromatic rings. The van der Waals surface area contributed by atoms with E-state index in [1.54, 1.807) is 6.07 Å². The molecule has 0 fully saturated rings. The van der Waals surface area contributed by atoms with E-state index in [1.807, 2.05) is 24.3 Å². The summed E-state index contributed by atoms with van der Waals surface area (Å²) < 4.78 is 19.1. The average molecular weight is 280 g/mol. The van der Waals surface area contributed by atoms with Crippen molar-refractivity contribution in [3.05, 3.63) is 64.4 Å². The Kier molecular flexibility index (Phi) is 4.77. The Hall–Kier alpha value is -1.58. The maximum Gasteiger partial charge on any atom is 0.129 e. The summed E-state index contributed by atoms with van der Waals surface area (Å²) in [5.74, 6) is 0.382. The molecule has 0 heterocycles. The lowest BCUT2D eigenvalue weighted by Gasteiger charge is -2.09. The van der Waals surface area contributed by atoms with E-state index in [9.17, 15) is 4.39 Å². The van der Waals surface area contributed by atoms with Crippen molar-refractivity contribution < 1.29 is 9.13 Å². The molecule has 100 valence electrons. The topological polar surface area (TPSA) is 35.2 Å². The summed E-state index contributed by atoms with van der Waals surface area (Å²) in [5.41, 5.74) is 7.05. The first-order chi connectivity index (χ1) is 9.19. The molecule has 0 aliphatic rings. The van der Waals surface area contributed by atoms with Gasteiger partial charge in [-0.15, -0.1) is 0 Å². The Bertz CT molecular complexity index is 560. The highest BCUT2D eigenvalue weighted by atomic mass is 35.5. The summed E-state index contributed by atoms with van der Waals surface area (Å²) in [4.78, 5) is 0. The van der Waals surface area contributed by atoms with Gasteiger partial charge in [0, 0.05) is 10.6 Å². The van der Waals surface area contributed by atoms with E-state index in [-0.39, 0.29) is 12.4 Å². The molecular weight excluding hydrogens is 265 g/mol. The van der Waals surface area contributed by atoms with Gasteiger partial charge in [-0.25, -0.2) is 4.39 Å². The van der Waals surface area contributed by atoms with Crippen LogP contribution >= 0.6 is 11.6 Å². The third kappa shape index (κ3) is 3.94. The van der Waals surface area contributed by atoms with Crippen molar-refractivity contribution in [2.75, 3.05) is 6.54 Å². The van der Waals surface area contributed by atoms with Crippen LogP contribution < -0.4 is 10.5 Å². The Morgan fingerprint density at radius 2 is 2.00 bits per heavy atom. The van der Waals surface area contributed by atoms with Crippen molar-refractivity contribution >= 4 is 11.6 Å². The van der Waals surface area contributed by atoms with Gasteiger partial charge < -0.3 is 10.5 Å². The molecule has 0 radical (unpaired) electrons. The normalized spacial score (nSPS) is 10.5. The van der Waals surface area contributed by atoms with Crippen LogP contribution in [0, 0.1) is 5.82 Å². The lowest BCUT2D eigenvalue weighted by Crippen LogP contribution is -2.03. The van der Waals surface area contributed by atoms with Gasteiger partial charge in [-0.05, 0) is 48.9 Å². The first-order valence-corrected chi connectivity index (χ1v) is 6.42. The fraction of sp³-hybridized carbons (Fsp3) is 0.200. The molecule has 19 heavy (non-hydrogen) atoms. The Balaban J connectivity index is 2.05. The molecule has 2 aromatic carbocycles. The van der Waals surface area contributed by atoms with E-state index >= 15 is 0 Å². The van der Waals surface area contributed by atoms with Crippen molar-refractivity contribution in [1.82, 2.24) is 0 Å². The van der Waals surface area contributed by atoms with Gasteiger partial charge in [0.25, 0.3) is 0 Å². The van der Waals surface area contributed by atoms with Gasteiger partial charge in [0.2, 0.25) is 0 Å². The summed E-state index contributed by atoms with van der Waals surface area (Å²) in [5, 5.41) is 0.497. The van der Waals surface area contributed by atoms with Crippen LogP contribution in [0.25, 0.3) is 0 Å². The highest BCUT2D eigenvalue weighted by Crippen LogP contribution is 2.19. The molecule has 0 unspecified atom stereocenters. The molecule has 2 nitrogen and oxygen atoms in total. The number of benzene rings is 2. The minimum atomic E-state index is -0.317. The van der Waals surface area contributed by atoms with Crippen LogP contribution in [0.3, 0.4) is 0 Å². The lowest BCUT2D eigenvalue weighted by atomic mass is 10.1. The summed E-state index contributed by atoms with van der Waals surface area (Å²) in [6.07, 6.45) is 0.794. The van der Waals surface area contributed by atoms with Crippen molar-refractivity contribution in [3.63, 3.8) is 0 Å². The third-order valence-corrected chi connectivity index (χ3v) is 2.97. The molecule has 2 N–H and O–H groups in total. The van der Waals surface area contributed by atoms with Crippen molar-refractivity contribution in [2.45, 2.75) is 13.0 Å². The van der Waals surface area contributed by atoms with Crippen LogP contribution in [0.1, 0.15) is 11.1 Å². The second kappa shape index (κ2) is 6.55. The molecule has 0 saturated carbocycles. The first kappa shape index (κ1) is 13.8. The molecule has 0 amide bonds. The zero-order valence-corrected chi connectivity index (χ0v) is 11.2. The molecule has 0 saturated heterocycles. The summed E-state index contributed by atoms with van der Waals surface area (Å²) in [6.45, 7) is 0.741. The molecule has 4 heteroatoms. The molecule has 0 aliphatic heterocycles. The largest absolute Gasteiger partial charge is 0.489 e. The molecule has 0 aliphatic carbocycles. The molecular formula is C15H15ClFNO. The molecule has 0 bridgehead atoms. The average Bonchev–Trinajstić information content (AvgIpc) is 2.41. The quantitative estimate of drug-likeness (QED) is 0.908. The second-order valence-corrected chi connectivity index (χ2v) is 4.65. The van der Waals surface area contributed by atoms with Crippen LogP contribution in [0.2, 0.25) is 5.02 Å². The summed E-state index contributed by atoms with van der Waals surface area (Å²) in [6, 6.07) is 12.1. The SMILES string of the molecule is NCCc1cccc(OCc2cc(Cl)ccc2F)c1. The van der Waals surface area contributed by atoms with Gasteiger partial charge in [0.15, 0.2) is 0 Å². The second-order valence-electron chi connectivity index (χ2n) is 4.21. The highest BCUT2D eigenvalue weighted by molar-refractivity contribution is 6.30. The predicted molar refractivity (Wildman–Crippen MR) is 74.9 cm³/mol. The maximum atomic E-state index is 13.5. The molecule has 0 atom stereocenters. The third-order valence-electron chi connectivity index (χ3n) is 2.73. The van der Waals surface area contributed by atoms with E-state index < -0.39 is 0 Å². The Labute approximate surface area is 117 Å². The zero-order chi connectivity index (χ0) is 13.7. The van der Waals surface area contributed by atoms with Crippen LogP contribution in [-0.4, -0.2) is 6.54 Å². The van der Waals surface area contributed by atoms with E-state index in [4.69, 9.17) is 22.1 Å². The lowest BCUT2D eigenvalue weighted by molar-refractivity contribution is 0.299. The highest BCUT2D eigenvalue weighted by Gasteiger charge is 2.04. The van der Waals surface area contributed by atoms with E-state index in [0.29, 0.717) is 22.9 Å². The molecule has 0 spiro atoms. The monoisotopic (exact) mass is 279 g/mol. The summed E-state index contributed by atoms with van der Waals surface area (Å²) >= 11 is 5.83. The molecule has 2 rings (SSSR count). The number of hydrogen-bond acceptors (Lipinski definition) is 2. The fourth-order valence-electron chi connectivity index (χ4n) is 1.77. The van der Waals surface area contributed by atoms with Crippen LogP contribution in [0.15, 0.2) is 42.5 Å². The molecule has 0 aromatic heterocycles. The Morgan fingerprint density at radius 3 is 2.79 bits per heavy atom. The van der Waals surface area contributed by atoms with Gasteiger partial charge in [-0.2, -0.15) is 0 Å². The number of ether oxygens (including phenoxy) is 1. The van der Waals surface area contributed by atoms with Crippen LogP contribution in [0.4, 0.5) is 4.39 Å². The van der Waals surface area contributed by atoms with Gasteiger partial charge >= 0.3 is 0 Å². The smallest absolute Gasteiger partial charge is 0.129 e. The van der Waals surface area contributed by atoms with E-state index in [0.717, 1.165) is 12.0 Å².